The Morgan fingerprint density at radius 3 is 2.13 bits per heavy atom. The molecule has 0 saturated carbocycles. The molecule has 15 heavy (non-hydrogen) atoms. The minimum Gasteiger partial charge on any atom is -0.385 e. The van der Waals surface area contributed by atoms with Crippen molar-refractivity contribution in [2.45, 2.75) is 47.0 Å². The van der Waals surface area contributed by atoms with Gasteiger partial charge in [-0.3, -0.25) is 0 Å². The van der Waals surface area contributed by atoms with Crippen LogP contribution in [0.1, 0.15) is 47.0 Å². The van der Waals surface area contributed by atoms with Crippen molar-refractivity contribution < 1.29 is 4.74 Å². The Kier molecular flexibility index (Phi) is 16.1. The first-order valence-electron chi connectivity index (χ1n) is 6.42. The third-order valence-corrected chi connectivity index (χ3v) is 2.77. The van der Waals surface area contributed by atoms with Crippen LogP contribution >= 0.6 is 0 Å². The zero-order valence-electron chi connectivity index (χ0n) is 11.7. The van der Waals surface area contributed by atoms with Crippen molar-refractivity contribution >= 4 is 0 Å². The highest BCUT2D eigenvalue weighted by Crippen LogP contribution is 2.13. The molecule has 0 amide bonds. The quantitative estimate of drug-likeness (QED) is 0.618. The maximum atomic E-state index is 5.09. The van der Waals surface area contributed by atoms with Gasteiger partial charge >= 0.3 is 0 Å². The zero-order valence-corrected chi connectivity index (χ0v) is 11.7. The lowest BCUT2D eigenvalue weighted by Gasteiger charge is -2.19. The van der Waals surface area contributed by atoms with E-state index >= 15 is 0 Å². The van der Waals surface area contributed by atoms with Crippen molar-refractivity contribution in [1.82, 2.24) is 4.90 Å². The van der Waals surface area contributed by atoms with Crippen LogP contribution in [0.2, 0.25) is 0 Å². The van der Waals surface area contributed by atoms with E-state index in [1.165, 1.54) is 25.8 Å². The van der Waals surface area contributed by atoms with Crippen LogP contribution in [0.3, 0.4) is 0 Å². The average Bonchev–Trinajstić information content (AvgIpc) is 2.31. The summed E-state index contributed by atoms with van der Waals surface area (Å²) in [6, 6.07) is 0. The van der Waals surface area contributed by atoms with Crippen molar-refractivity contribution in [1.29, 1.82) is 0 Å². The van der Waals surface area contributed by atoms with Gasteiger partial charge in [0.15, 0.2) is 0 Å². The molecule has 0 aliphatic heterocycles. The first-order valence-corrected chi connectivity index (χ1v) is 6.42. The molecule has 0 spiro atoms. The van der Waals surface area contributed by atoms with Crippen LogP contribution in [0.4, 0.5) is 0 Å². The standard InChI is InChI=1S/C11H25NO.C2H6/c1-5-11(8-10-13-4)7-9-12(3)6-2;1-2/h11H,5-10H2,1-4H3;1-2H3. The van der Waals surface area contributed by atoms with Gasteiger partial charge in [-0.05, 0) is 38.9 Å². The largest absolute Gasteiger partial charge is 0.385 e. The Bertz CT molecular complexity index is 107. The highest BCUT2D eigenvalue weighted by molar-refractivity contribution is 4.59. The molecule has 0 rings (SSSR count). The number of methoxy groups -OCH3 is 1. The summed E-state index contributed by atoms with van der Waals surface area (Å²) in [5.41, 5.74) is 0. The zero-order chi connectivity index (χ0) is 12.1. The second kappa shape index (κ2) is 13.9. The second-order valence-corrected chi connectivity index (χ2v) is 3.74. The van der Waals surface area contributed by atoms with Crippen molar-refractivity contribution in [3.05, 3.63) is 0 Å². The molecule has 0 fully saturated rings. The lowest BCUT2D eigenvalue weighted by Crippen LogP contribution is -2.21. The molecule has 2 heteroatoms. The van der Waals surface area contributed by atoms with E-state index in [1.807, 2.05) is 13.8 Å². The second-order valence-electron chi connectivity index (χ2n) is 3.74. The highest BCUT2D eigenvalue weighted by Gasteiger charge is 2.06. The Morgan fingerprint density at radius 2 is 1.73 bits per heavy atom. The Balaban J connectivity index is 0. The summed E-state index contributed by atoms with van der Waals surface area (Å²) in [7, 11) is 3.97. The van der Waals surface area contributed by atoms with Crippen molar-refractivity contribution in [2.75, 3.05) is 33.9 Å². The summed E-state index contributed by atoms with van der Waals surface area (Å²) in [4.78, 5) is 2.37. The highest BCUT2D eigenvalue weighted by atomic mass is 16.5. The minimum absolute atomic E-state index is 0.842. The summed E-state index contributed by atoms with van der Waals surface area (Å²) in [5.74, 6) is 0.842. The van der Waals surface area contributed by atoms with Crippen molar-refractivity contribution in [2.24, 2.45) is 5.92 Å². The summed E-state index contributed by atoms with van der Waals surface area (Å²) in [5, 5.41) is 0. The summed E-state index contributed by atoms with van der Waals surface area (Å²) < 4.78 is 5.09. The molecule has 0 saturated heterocycles. The maximum absolute atomic E-state index is 5.09. The molecule has 0 radical (unpaired) electrons. The Morgan fingerprint density at radius 1 is 1.13 bits per heavy atom. The van der Waals surface area contributed by atoms with Gasteiger partial charge in [-0.1, -0.05) is 34.1 Å². The van der Waals surface area contributed by atoms with Gasteiger partial charge in [0.05, 0.1) is 0 Å². The Hall–Kier alpha value is -0.0800. The first-order chi connectivity index (χ1) is 7.24. The van der Waals surface area contributed by atoms with Crippen LogP contribution in [-0.4, -0.2) is 38.8 Å². The molecule has 0 bridgehead atoms. The normalized spacial score (nSPS) is 12.2. The number of rotatable bonds is 8. The van der Waals surface area contributed by atoms with Crippen LogP contribution < -0.4 is 0 Å². The molecular formula is C13H31NO. The topological polar surface area (TPSA) is 12.5 Å². The lowest BCUT2D eigenvalue weighted by atomic mass is 9.99. The molecule has 1 unspecified atom stereocenters. The molecule has 2 nitrogen and oxygen atoms in total. The van der Waals surface area contributed by atoms with Crippen LogP contribution in [0.15, 0.2) is 0 Å². The van der Waals surface area contributed by atoms with E-state index < -0.39 is 0 Å². The van der Waals surface area contributed by atoms with Crippen LogP contribution in [-0.2, 0) is 4.74 Å². The van der Waals surface area contributed by atoms with Crippen LogP contribution in [0.5, 0.6) is 0 Å². The molecule has 1 atom stereocenters. The molecule has 0 aromatic heterocycles. The minimum atomic E-state index is 0.842. The van der Waals surface area contributed by atoms with E-state index in [0.717, 1.165) is 19.1 Å². The molecule has 0 heterocycles. The number of hydrogen-bond acceptors (Lipinski definition) is 2. The molecule has 0 aliphatic carbocycles. The van der Waals surface area contributed by atoms with Gasteiger partial charge in [0, 0.05) is 13.7 Å². The molecule has 0 aromatic carbocycles. The van der Waals surface area contributed by atoms with Crippen LogP contribution in [0, 0.1) is 5.92 Å². The fraction of sp³-hybridized carbons (Fsp3) is 1.00. The predicted molar refractivity (Wildman–Crippen MR) is 69.4 cm³/mol. The van der Waals surface area contributed by atoms with Gasteiger partial charge in [0.25, 0.3) is 0 Å². The smallest absolute Gasteiger partial charge is 0.0464 e. The number of ether oxygens (including phenoxy) is 1. The molecule has 94 valence electrons. The van der Waals surface area contributed by atoms with E-state index in [9.17, 15) is 0 Å². The monoisotopic (exact) mass is 217 g/mol. The molecule has 0 aliphatic rings. The van der Waals surface area contributed by atoms with E-state index in [4.69, 9.17) is 4.74 Å². The summed E-state index contributed by atoms with van der Waals surface area (Å²) in [6.45, 7) is 11.8. The fourth-order valence-electron chi connectivity index (χ4n) is 1.40. The van der Waals surface area contributed by atoms with Gasteiger partial charge in [0.1, 0.15) is 0 Å². The van der Waals surface area contributed by atoms with E-state index in [0.29, 0.717) is 0 Å². The Labute approximate surface area is 97.0 Å². The van der Waals surface area contributed by atoms with Gasteiger partial charge in [0.2, 0.25) is 0 Å². The van der Waals surface area contributed by atoms with Crippen LogP contribution in [0.25, 0.3) is 0 Å². The van der Waals surface area contributed by atoms with Crippen molar-refractivity contribution in [3.63, 3.8) is 0 Å². The molecule has 0 aromatic rings. The van der Waals surface area contributed by atoms with Gasteiger partial charge in [-0.15, -0.1) is 0 Å². The van der Waals surface area contributed by atoms with Gasteiger partial charge < -0.3 is 9.64 Å². The lowest BCUT2D eigenvalue weighted by molar-refractivity contribution is 0.169. The van der Waals surface area contributed by atoms with Gasteiger partial charge in [-0.25, -0.2) is 0 Å². The third kappa shape index (κ3) is 11.8. The molecule has 0 N–H and O–H groups in total. The van der Waals surface area contributed by atoms with Gasteiger partial charge in [-0.2, -0.15) is 0 Å². The summed E-state index contributed by atoms with van der Waals surface area (Å²) in [6.07, 6.45) is 3.80. The maximum Gasteiger partial charge on any atom is 0.0464 e. The van der Waals surface area contributed by atoms with E-state index in [2.05, 4.69) is 25.8 Å². The first kappa shape index (κ1) is 17.3. The fourth-order valence-corrected chi connectivity index (χ4v) is 1.40. The number of nitrogens with zero attached hydrogens (tertiary/aromatic N) is 1. The third-order valence-electron chi connectivity index (χ3n) is 2.77. The average molecular weight is 217 g/mol. The van der Waals surface area contributed by atoms with Crippen molar-refractivity contribution in [3.8, 4) is 0 Å². The predicted octanol–water partition coefficient (Wildman–Crippen LogP) is 3.42. The van der Waals surface area contributed by atoms with E-state index in [1.54, 1.807) is 7.11 Å². The SMILES string of the molecule is CC.CCC(CCOC)CCN(C)CC. The molecular weight excluding hydrogens is 186 g/mol. The van der Waals surface area contributed by atoms with E-state index in [-0.39, 0.29) is 0 Å². The summed E-state index contributed by atoms with van der Waals surface area (Å²) >= 11 is 0. The number of hydrogen-bond donors (Lipinski definition) is 0.